The zero-order valence-electron chi connectivity index (χ0n) is 22.4. The van der Waals surface area contributed by atoms with Crippen molar-refractivity contribution in [1.82, 2.24) is 14.7 Å². The normalized spacial score (nSPS) is 11.3. The van der Waals surface area contributed by atoms with Crippen LogP contribution in [0.1, 0.15) is 44.0 Å². The van der Waals surface area contributed by atoms with Crippen LogP contribution in [0.4, 0.5) is 20.7 Å². The van der Waals surface area contributed by atoms with Gasteiger partial charge >= 0.3 is 6.03 Å². The maximum atomic E-state index is 14.1. The summed E-state index contributed by atoms with van der Waals surface area (Å²) in [6.45, 7) is 10.6. The third-order valence-corrected chi connectivity index (χ3v) is 5.84. The van der Waals surface area contributed by atoms with Crippen LogP contribution in [0.5, 0.6) is 0 Å². The number of para-hydroxylation sites is 1. The van der Waals surface area contributed by atoms with E-state index in [2.05, 4.69) is 37.5 Å². The highest BCUT2D eigenvalue weighted by molar-refractivity contribution is 5.96. The van der Waals surface area contributed by atoms with E-state index in [0.717, 1.165) is 22.5 Å². The minimum Gasteiger partial charge on any atom is -0.385 e. The average Bonchev–Trinajstić information content (AvgIpc) is 3.24. The Kier molecular flexibility index (Phi) is 9.04. The van der Waals surface area contributed by atoms with Gasteiger partial charge in [0.25, 0.3) is 0 Å². The van der Waals surface area contributed by atoms with E-state index in [9.17, 15) is 14.0 Å². The van der Waals surface area contributed by atoms with Gasteiger partial charge in [0.1, 0.15) is 18.2 Å². The first kappa shape index (κ1) is 27.9. The third-order valence-electron chi connectivity index (χ3n) is 5.84. The number of anilines is 2. The molecule has 0 spiro atoms. The molecule has 3 rings (SSSR count). The molecule has 3 amide bonds. The topological polar surface area (TPSA) is 88.5 Å². The molecule has 1 heterocycles. The van der Waals surface area contributed by atoms with Crippen molar-refractivity contribution in [3.63, 3.8) is 0 Å². The van der Waals surface area contributed by atoms with Crippen LogP contribution >= 0.6 is 0 Å². The molecule has 0 unspecified atom stereocenters. The van der Waals surface area contributed by atoms with Gasteiger partial charge in [0.15, 0.2) is 0 Å². The van der Waals surface area contributed by atoms with Crippen molar-refractivity contribution in [2.24, 2.45) is 0 Å². The molecular formula is C28H36FN5O3. The number of aryl methyl sites for hydroxylation is 2. The largest absolute Gasteiger partial charge is 0.385 e. The number of methoxy groups -OCH3 is 1. The number of carbonyl (C=O) groups is 2. The van der Waals surface area contributed by atoms with E-state index >= 15 is 0 Å². The van der Waals surface area contributed by atoms with E-state index in [-0.39, 0.29) is 24.2 Å². The molecule has 0 saturated carbocycles. The summed E-state index contributed by atoms with van der Waals surface area (Å²) in [7, 11) is 1.57. The lowest BCUT2D eigenvalue weighted by Gasteiger charge is -2.23. The standard InChI is InChI=1S/C28H36FN5O3/c1-19-12-13-23(20(2)16-19)34-25(17-24(32-34)28(3,4)5)31-26(35)18-33(14-9-15-37-6)27(36)30-22-11-8-7-10-21(22)29/h7-8,10-13,16-17H,9,14-15,18H2,1-6H3,(H,30,36)(H,31,35). The molecule has 198 valence electrons. The SMILES string of the molecule is COCCCN(CC(=O)Nc1cc(C(C)(C)C)nn1-c1ccc(C)cc1C)C(=O)Nc1ccccc1F. The molecule has 0 fully saturated rings. The molecule has 0 aliphatic rings. The molecule has 0 atom stereocenters. The zero-order valence-corrected chi connectivity index (χ0v) is 22.4. The molecule has 3 aromatic rings. The molecule has 1 aromatic heterocycles. The second-order valence-electron chi connectivity index (χ2n) is 10.1. The highest BCUT2D eigenvalue weighted by atomic mass is 19.1. The fourth-order valence-corrected chi connectivity index (χ4v) is 3.83. The lowest BCUT2D eigenvalue weighted by atomic mass is 9.92. The second kappa shape index (κ2) is 12.0. The molecule has 0 bridgehead atoms. The van der Waals surface area contributed by atoms with Crippen LogP contribution in [0.15, 0.2) is 48.5 Å². The van der Waals surface area contributed by atoms with Crippen molar-refractivity contribution < 1.29 is 18.7 Å². The summed E-state index contributed by atoms with van der Waals surface area (Å²) in [6.07, 6.45) is 0.517. The number of nitrogens with zero attached hydrogens (tertiary/aromatic N) is 3. The fourth-order valence-electron chi connectivity index (χ4n) is 3.83. The molecule has 0 aliphatic heterocycles. The van der Waals surface area contributed by atoms with Crippen molar-refractivity contribution in [3.05, 3.63) is 71.2 Å². The van der Waals surface area contributed by atoms with E-state index in [0.29, 0.717) is 18.8 Å². The molecule has 0 aliphatic carbocycles. The van der Waals surface area contributed by atoms with Crippen LogP contribution in [0.3, 0.4) is 0 Å². The summed E-state index contributed by atoms with van der Waals surface area (Å²) in [6, 6.07) is 13.2. The lowest BCUT2D eigenvalue weighted by molar-refractivity contribution is -0.116. The van der Waals surface area contributed by atoms with Gasteiger partial charge in [0.05, 0.1) is 17.1 Å². The van der Waals surface area contributed by atoms with Crippen LogP contribution in [-0.2, 0) is 14.9 Å². The van der Waals surface area contributed by atoms with Crippen LogP contribution in [0.25, 0.3) is 5.69 Å². The molecule has 9 heteroatoms. The number of ether oxygens (including phenoxy) is 1. The van der Waals surface area contributed by atoms with E-state index < -0.39 is 17.8 Å². The smallest absolute Gasteiger partial charge is 0.322 e. The average molecular weight is 510 g/mol. The Morgan fingerprint density at radius 1 is 1.08 bits per heavy atom. The van der Waals surface area contributed by atoms with Gasteiger partial charge in [0, 0.05) is 31.7 Å². The summed E-state index contributed by atoms with van der Waals surface area (Å²) < 4.78 is 20.9. The minimum atomic E-state index is -0.574. The Morgan fingerprint density at radius 2 is 1.81 bits per heavy atom. The van der Waals surface area contributed by atoms with Gasteiger partial charge in [-0.2, -0.15) is 5.10 Å². The lowest BCUT2D eigenvalue weighted by Crippen LogP contribution is -2.41. The summed E-state index contributed by atoms with van der Waals surface area (Å²) in [5, 5.41) is 10.3. The summed E-state index contributed by atoms with van der Waals surface area (Å²) in [5.74, 6) is -0.440. The number of nitrogens with one attached hydrogen (secondary N) is 2. The van der Waals surface area contributed by atoms with Gasteiger partial charge in [0.2, 0.25) is 5.91 Å². The maximum absolute atomic E-state index is 14.1. The Bertz CT molecular complexity index is 1250. The molecule has 37 heavy (non-hydrogen) atoms. The van der Waals surface area contributed by atoms with E-state index in [1.54, 1.807) is 23.9 Å². The van der Waals surface area contributed by atoms with Gasteiger partial charge < -0.3 is 20.3 Å². The molecular weight excluding hydrogens is 473 g/mol. The number of urea groups is 1. The molecule has 2 aromatic carbocycles. The third kappa shape index (κ3) is 7.39. The number of rotatable bonds is 9. The first-order chi connectivity index (χ1) is 17.5. The summed E-state index contributed by atoms with van der Waals surface area (Å²) in [4.78, 5) is 27.5. The van der Waals surface area contributed by atoms with E-state index in [1.807, 2.05) is 32.0 Å². The molecule has 8 nitrogen and oxygen atoms in total. The van der Waals surface area contributed by atoms with E-state index in [4.69, 9.17) is 9.84 Å². The van der Waals surface area contributed by atoms with Crippen molar-refractivity contribution in [2.75, 3.05) is 37.4 Å². The van der Waals surface area contributed by atoms with Gasteiger partial charge in [-0.15, -0.1) is 0 Å². The number of halogens is 1. The van der Waals surface area contributed by atoms with Crippen molar-refractivity contribution in [3.8, 4) is 5.69 Å². The number of aromatic nitrogens is 2. The number of hydrogen-bond acceptors (Lipinski definition) is 4. The van der Waals surface area contributed by atoms with Gasteiger partial charge in [-0.25, -0.2) is 13.9 Å². The second-order valence-corrected chi connectivity index (χ2v) is 10.1. The molecule has 0 radical (unpaired) electrons. The maximum Gasteiger partial charge on any atom is 0.322 e. The zero-order chi connectivity index (χ0) is 27.2. The summed E-state index contributed by atoms with van der Waals surface area (Å²) in [5.41, 5.74) is 3.62. The van der Waals surface area contributed by atoms with Gasteiger partial charge in [-0.05, 0) is 44.0 Å². The minimum absolute atomic E-state index is 0.0485. The first-order valence-electron chi connectivity index (χ1n) is 12.3. The predicted octanol–water partition coefficient (Wildman–Crippen LogP) is 5.43. The van der Waals surface area contributed by atoms with Crippen LogP contribution in [-0.4, -0.2) is 53.4 Å². The quantitative estimate of drug-likeness (QED) is 0.376. The van der Waals surface area contributed by atoms with Crippen molar-refractivity contribution in [1.29, 1.82) is 0 Å². The van der Waals surface area contributed by atoms with Crippen LogP contribution in [0, 0.1) is 19.7 Å². The van der Waals surface area contributed by atoms with Crippen LogP contribution < -0.4 is 10.6 Å². The number of hydrogen-bond donors (Lipinski definition) is 2. The van der Waals surface area contributed by atoms with Crippen LogP contribution in [0.2, 0.25) is 0 Å². The molecule has 0 saturated heterocycles. The monoisotopic (exact) mass is 509 g/mol. The fraction of sp³-hybridized carbons (Fsp3) is 0.393. The summed E-state index contributed by atoms with van der Waals surface area (Å²) >= 11 is 0. The Labute approximate surface area is 217 Å². The highest BCUT2D eigenvalue weighted by Gasteiger charge is 2.24. The number of benzene rings is 2. The Morgan fingerprint density at radius 3 is 2.46 bits per heavy atom. The van der Waals surface area contributed by atoms with Gasteiger partial charge in [-0.1, -0.05) is 50.6 Å². The number of amides is 3. The van der Waals surface area contributed by atoms with Gasteiger partial charge in [-0.3, -0.25) is 4.79 Å². The molecule has 2 N–H and O–H groups in total. The Balaban J connectivity index is 1.84. The van der Waals surface area contributed by atoms with Crippen molar-refractivity contribution >= 4 is 23.4 Å². The number of carbonyl (C=O) groups excluding carboxylic acids is 2. The Hall–Kier alpha value is -3.72. The predicted molar refractivity (Wildman–Crippen MR) is 144 cm³/mol. The van der Waals surface area contributed by atoms with E-state index in [1.165, 1.54) is 17.0 Å². The van der Waals surface area contributed by atoms with Crippen molar-refractivity contribution in [2.45, 2.75) is 46.5 Å². The highest BCUT2D eigenvalue weighted by Crippen LogP contribution is 2.28. The first-order valence-corrected chi connectivity index (χ1v) is 12.3.